The van der Waals surface area contributed by atoms with Crippen LogP contribution in [0.4, 0.5) is 0 Å². The van der Waals surface area contributed by atoms with Gasteiger partial charge in [-0.15, -0.1) is 0 Å². The molecule has 1 aromatic rings. The van der Waals surface area contributed by atoms with Gasteiger partial charge in [-0.25, -0.2) is 0 Å². The van der Waals surface area contributed by atoms with Crippen molar-refractivity contribution in [3.05, 3.63) is 30.1 Å². The second-order valence-corrected chi connectivity index (χ2v) is 2.42. The first-order valence-corrected chi connectivity index (χ1v) is 3.72. The molecule has 0 spiro atoms. The van der Waals surface area contributed by atoms with Crippen molar-refractivity contribution in [3.8, 4) is 0 Å². The number of methoxy groups -OCH3 is 1. The molecule has 4 nitrogen and oxygen atoms in total. The van der Waals surface area contributed by atoms with Gasteiger partial charge in [0.1, 0.15) is 12.2 Å². The first-order chi connectivity index (χ1) is 6.29. The molecule has 1 aromatic heterocycles. The molecule has 0 saturated carbocycles. The van der Waals surface area contributed by atoms with Gasteiger partial charge in [-0.1, -0.05) is 6.07 Å². The van der Waals surface area contributed by atoms with E-state index in [-0.39, 0.29) is 0 Å². The lowest BCUT2D eigenvalue weighted by Gasteiger charge is -2.06. The van der Waals surface area contributed by atoms with Gasteiger partial charge >= 0.3 is 5.97 Å². The first kappa shape index (κ1) is 9.38. The minimum atomic E-state index is -0.862. The number of pyridine rings is 1. The smallest absolute Gasteiger partial charge is 0.320 e. The fourth-order valence-electron chi connectivity index (χ4n) is 0.957. The predicted molar refractivity (Wildman–Crippen MR) is 45.1 cm³/mol. The van der Waals surface area contributed by atoms with Crippen molar-refractivity contribution in [3.63, 3.8) is 0 Å². The standard InChI is InChI=1S/C9H9NO3/c1-13-9(12)8(6-11)7-3-2-4-10-5-7/h2-6,8H,1H3. The summed E-state index contributed by atoms with van der Waals surface area (Å²) in [4.78, 5) is 25.4. The summed E-state index contributed by atoms with van der Waals surface area (Å²) >= 11 is 0. The summed E-state index contributed by atoms with van der Waals surface area (Å²) in [6.45, 7) is 0. The summed E-state index contributed by atoms with van der Waals surface area (Å²) in [5, 5.41) is 0. The molecule has 1 unspecified atom stereocenters. The SMILES string of the molecule is COC(=O)C(C=O)c1cccnc1. The predicted octanol–water partition coefficient (Wildman–Crippen LogP) is 0.537. The quantitative estimate of drug-likeness (QED) is 0.386. The lowest BCUT2D eigenvalue weighted by Crippen LogP contribution is -2.15. The third kappa shape index (κ3) is 2.11. The lowest BCUT2D eigenvalue weighted by atomic mass is 10.0. The van der Waals surface area contributed by atoms with Gasteiger partial charge < -0.3 is 9.53 Å². The van der Waals surface area contributed by atoms with Crippen LogP contribution >= 0.6 is 0 Å². The molecule has 0 aliphatic rings. The van der Waals surface area contributed by atoms with Crippen molar-refractivity contribution in [2.45, 2.75) is 5.92 Å². The van der Waals surface area contributed by atoms with E-state index in [1.807, 2.05) is 0 Å². The van der Waals surface area contributed by atoms with Crippen molar-refractivity contribution < 1.29 is 14.3 Å². The van der Waals surface area contributed by atoms with E-state index in [1.54, 1.807) is 18.3 Å². The third-order valence-corrected chi connectivity index (χ3v) is 1.63. The molecule has 0 aromatic carbocycles. The van der Waals surface area contributed by atoms with Crippen LogP contribution in [0.1, 0.15) is 11.5 Å². The molecule has 0 N–H and O–H groups in total. The Labute approximate surface area is 75.5 Å². The van der Waals surface area contributed by atoms with E-state index in [0.29, 0.717) is 11.8 Å². The number of hydrogen-bond acceptors (Lipinski definition) is 4. The van der Waals surface area contributed by atoms with E-state index in [4.69, 9.17) is 0 Å². The zero-order chi connectivity index (χ0) is 9.68. The molecule has 0 aliphatic heterocycles. The highest BCUT2D eigenvalue weighted by atomic mass is 16.5. The van der Waals surface area contributed by atoms with E-state index >= 15 is 0 Å². The Hall–Kier alpha value is -1.71. The van der Waals surface area contributed by atoms with Crippen LogP contribution in [0.3, 0.4) is 0 Å². The Kier molecular flexibility index (Phi) is 3.14. The van der Waals surface area contributed by atoms with Gasteiger partial charge in [0.25, 0.3) is 0 Å². The second kappa shape index (κ2) is 4.35. The Balaban J connectivity index is 2.91. The van der Waals surface area contributed by atoms with E-state index in [1.165, 1.54) is 13.3 Å². The molecule has 0 aliphatic carbocycles. The van der Waals surface area contributed by atoms with Crippen LogP contribution in [0.25, 0.3) is 0 Å². The maximum absolute atomic E-state index is 11.1. The average molecular weight is 179 g/mol. The number of rotatable bonds is 3. The summed E-state index contributed by atoms with van der Waals surface area (Å²) in [5.74, 6) is -1.43. The van der Waals surface area contributed by atoms with Crippen molar-refractivity contribution in [2.24, 2.45) is 0 Å². The molecule has 1 rings (SSSR count). The molecule has 0 fully saturated rings. The van der Waals surface area contributed by atoms with E-state index in [9.17, 15) is 9.59 Å². The van der Waals surface area contributed by atoms with Crippen LogP contribution in [0.15, 0.2) is 24.5 Å². The first-order valence-electron chi connectivity index (χ1n) is 3.72. The van der Waals surface area contributed by atoms with Crippen molar-refractivity contribution >= 4 is 12.3 Å². The Morgan fingerprint density at radius 2 is 2.46 bits per heavy atom. The van der Waals surface area contributed by atoms with Crippen LogP contribution in [0.2, 0.25) is 0 Å². The highest BCUT2D eigenvalue weighted by molar-refractivity contribution is 5.93. The van der Waals surface area contributed by atoms with E-state index < -0.39 is 11.9 Å². The van der Waals surface area contributed by atoms with Crippen molar-refractivity contribution in [2.75, 3.05) is 7.11 Å². The molecule has 13 heavy (non-hydrogen) atoms. The summed E-state index contributed by atoms with van der Waals surface area (Å²) in [6.07, 6.45) is 3.58. The van der Waals surface area contributed by atoms with Gasteiger partial charge in [0.15, 0.2) is 0 Å². The molecule has 68 valence electrons. The molecular formula is C9H9NO3. The zero-order valence-corrected chi connectivity index (χ0v) is 7.14. The maximum Gasteiger partial charge on any atom is 0.320 e. The Morgan fingerprint density at radius 3 is 2.92 bits per heavy atom. The van der Waals surface area contributed by atoms with Crippen LogP contribution in [-0.4, -0.2) is 24.3 Å². The van der Waals surface area contributed by atoms with Crippen molar-refractivity contribution in [1.29, 1.82) is 0 Å². The Bertz CT molecular complexity index is 297. The maximum atomic E-state index is 11.1. The van der Waals surface area contributed by atoms with Crippen LogP contribution in [0, 0.1) is 0 Å². The normalized spacial score (nSPS) is 11.8. The topological polar surface area (TPSA) is 56.3 Å². The number of esters is 1. The van der Waals surface area contributed by atoms with Crippen LogP contribution in [-0.2, 0) is 14.3 Å². The summed E-state index contributed by atoms with van der Waals surface area (Å²) in [6, 6.07) is 3.32. The van der Waals surface area contributed by atoms with E-state index in [0.717, 1.165) is 0 Å². The van der Waals surface area contributed by atoms with Crippen LogP contribution < -0.4 is 0 Å². The van der Waals surface area contributed by atoms with E-state index in [2.05, 4.69) is 9.72 Å². The van der Waals surface area contributed by atoms with Gasteiger partial charge in [-0.2, -0.15) is 0 Å². The number of aldehydes is 1. The monoisotopic (exact) mass is 179 g/mol. The summed E-state index contributed by atoms with van der Waals surface area (Å²) in [7, 11) is 1.25. The zero-order valence-electron chi connectivity index (χ0n) is 7.14. The minimum absolute atomic E-state index is 0.544. The molecule has 1 heterocycles. The number of nitrogens with zero attached hydrogens (tertiary/aromatic N) is 1. The fourth-order valence-corrected chi connectivity index (χ4v) is 0.957. The van der Waals surface area contributed by atoms with Gasteiger partial charge in [-0.05, 0) is 11.6 Å². The third-order valence-electron chi connectivity index (χ3n) is 1.63. The molecule has 0 radical (unpaired) electrons. The molecule has 0 bridgehead atoms. The lowest BCUT2D eigenvalue weighted by molar-refractivity contribution is -0.143. The fraction of sp³-hybridized carbons (Fsp3) is 0.222. The van der Waals surface area contributed by atoms with Gasteiger partial charge in [-0.3, -0.25) is 9.78 Å². The largest absolute Gasteiger partial charge is 0.468 e. The van der Waals surface area contributed by atoms with Crippen molar-refractivity contribution in [1.82, 2.24) is 4.98 Å². The summed E-state index contributed by atoms with van der Waals surface area (Å²) in [5.41, 5.74) is 0.546. The molecule has 0 saturated heterocycles. The van der Waals surface area contributed by atoms with Gasteiger partial charge in [0.2, 0.25) is 0 Å². The number of hydrogen-bond donors (Lipinski definition) is 0. The number of aromatic nitrogens is 1. The average Bonchev–Trinajstić information content (AvgIpc) is 2.20. The molecule has 4 heteroatoms. The second-order valence-electron chi connectivity index (χ2n) is 2.42. The van der Waals surface area contributed by atoms with Gasteiger partial charge in [0.05, 0.1) is 7.11 Å². The number of carbonyl (C=O) groups is 2. The summed E-state index contributed by atoms with van der Waals surface area (Å²) < 4.78 is 4.46. The highest BCUT2D eigenvalue weighted by Crippen LogP contribution is 2.12. The number of carbonyl (C=O) groups excluding carboxylic acids is 2. The van der Waals surface area contributed by atoms with Gasteiger partial charge in [0, 0.05) is 12.4 Å². The molecule has 1 atom stereocenters. The minimum Gasteiger partial charge on any atom is -0.468 e. The Morgan fingerprint density at radius 1 is 1.69 bits per heavy atom. The highest BCUT2D eigenvalue weighted by Gasteiger charge is 2.20. The molecule has 0 amide bonds. The molecular weight excluding hydrogens is 170 g/mol. The van der Waals surface area contributed by atoms with Crippen LogP contribution in [0.5, 0.6) is 0 Å². The number of ether oxygens (including phenoxy) is 1.